The van der Waals surface area contributed by atoms with Gasteiger partial charge in [0.2, 0.25) is 5.91 Å². The van der Waals surface area contributed by atoms with Gasteiger partial charge in [0.25, 0.3) is 0 Å². The van der Waals surface area contributed by atoms with Gasteiger partial charge in [0.15, 0.2) is 5.78 Å². The number of carbonyl (C=O) groups is 2. The molecule has 0 spiro atoms. The van der Waals surface area contributed by atoms with Crippen LogP contribution in [0.4, 0.5) is 5.69 Å². The Morgan fingerprint density at radius 3 is 2.14 bits per heavy atom. The predicted octanol–water partition coefficient (Wildman–Crippen LogP) is 4.85. The van der Waals surface area contributed by atoms with Crippen molar-refractivity contribution >= 4 is 46.7 Å². The number of rotatable bonds is 4. The molecule has 0 heterocycles. The van der Waals surface area contributed by atoms with E-state index in [1.54, 1.807) is 48.5 Å². The lowest BCUT2D eigenvalue weighted by molar-refractivity contribution is -0.111. The number of benzene rings is 2. The molecule has 1 N–H and O–H groups in total. The molecule has 2 rings (SSSR count). The summed E-state index contributed by atoms with van der Waals surface area (Å²) in [5.74, 6) is -0.335. The normalized spacial score (nSPS) is 10.7. The molecule has 0 saturated carbocycles. The Labute approximate surface area is 138 Å². The molecule has 5 heteroatoms. The summed E-state index contributed by atoms with van der Waals surface area (Å²) in [6, 6.07) is 11.8. The van der Waals surface area contributed by atoms with Crippen molar-refractivity contribution in [2.45, 2.75) is 6.92 Å². The van der Waals surface area contributed by atoms with Crippen LogP contribution in [0, 0.1) is 0 Å². The molecule has 0 unspecified atom stereocenters. The first-order valence-corrected chi connectivity index (χ1v) is 7.27. The van der Waals surface area contributed by atoms with E-state index in [-0.39, 0.29) is 11.7 Å². The summed E-state index contributed by atoms with van der Waals surface area (Å²) in [5, 5.41) is 3.64. The highest BCUT2D eigenvalue weighted by molar-refractivity contribution is 6.37. The van der Waals surface area contributed by atoms with Gasteiger partial charge in [-0.2, -0.15) is 0 Å². The molecule has 0 saturated heterocycles. The number of hydrogen-bond acceptors (Lipinski definition) is 2. The Morgan fingerprint density at radius 1 is 1.00 bits per heavy atom. The van der Waals surface area contributed by atoms with E-state index in [2.05, 4.69) is 5.32 Å². The molecule has 22 heavy (non-hydrogen) atoms. The standard InChI is InChI=1S/C17H13Cl2NO2/c1-11(21)12-5-7-13(8-6-12)20-17(22)10-9-14-15(18)3-2-4-16(14)19/h2-10H,1H3,(H,20,22)/b10-9-. The summed E-state index contributed by atoms with van der Waals surface area (Å²) in [5.41, 5.74) is 1.79. The fourth-order valence-electron chi connectivity index (χ4n) is 1.80. The van der Waals surface area contributed by atoms with Crippen molar-refractivity contribution in [1.82, 2.24) is 0 Å². The monoisotopic (exact) mass is 333 g/mol. The lowest BCUT2D eigenvalue weighted by Crippen LogP contribution is -2.07. The highest BCUT2D eigenvalue weighted by Crippen LogP contribution is 2.25. The van der Waals surface area contributed by atoms with E-state index >= 15 is 0 Å². The second kappa shape index (κ2) is 7.25. The minimum atomic E-state index is -0.313. The second-order valence-electron chi connectivity index (χ2n) is 4.59. The fourth-order valence-corrected chi connectivity index (χ4v) is 2.32. The average molecular weight is 334 g/mol. The molecule has 3 nitrogen and oxygen atoms in total. The number of hydrogen-bond donors (Lipinski definition) is 1. The summed E-state index contributed by atoms with van der Waals surface area (Å²) in [6.45, 7) is 1.49. The number of halogens is 2. The summed E-state index contributed by atoms with van der Waals surface area (Å²) >= 11 is 12.0. The minimum Gasteiger partial charge on any atom is -0.323 e. The third kappa shape index (κ3) is 4.20. The van der Waals surface area contributed by atoms with E-state index in [1.165, 1.54) is 13.0 Å². The van der Waals surface area contributed by atoms with Crippen molar-refractivity contribution in [1.29, 1.82) is 0 Å². The minimum absolute atomic E-state index is 0.0221. The zero-order valence-electron chi connectivity index (χ0n) is 11.8. The lowest BCUT2D eigenvalue weighted by Gasteiger charge is -2.04. The van der Waals surface area contributed by atoms with Crippen LogP contribution in [-0.4, -0.2) is 11.7 Å². The largest absolute Gasteiger partial charge is 0.323 e. The van der Waals surface area contributed by atoms with Crippen molar-refractivity contribution < 1.29 is 9.59 Å². The lowest BCUT2D eigenvalue weighted by atomic mass is 10.1. The Morgan fingerprint density at radius 2 is 1.59 bits per heavy atom. The van der Waals surface area contributed by atoms with Gasteiger partial charge >= 0.3 is 0 Å². The maximum Gasteiger partial charge on any atom is 0.248 e. The number of nitrogens with one attached hydrogen (secondary N) is 1. The first kappa shape index (κ1) is 16.3. The molecule has 0 aliphatic carbocycles. The van der Waals surface area contributed by atoms with E-state index in [0.29, 0.717) is 26.9 Å². The smallest absolute Gasteiger partial charge is 0.248 e. The van der Waals surface area contributed by atoms with Crippen LogP contribution in [0.1, 0.15) is 22.8 Å². The molecule has 112 valence electrons. The molecule has 0 atom stereocenters. The highest BCUT2D eigenvalue weighted by atomic mass is 35.5. The molecule has 1 amide bonds. The maximum absolute atomic E-state index is 11.9. The van der Waals surface area contributed by atoms with Gasteiger partial charge in [-0.15, -0.1) is 0 Å². The fraction of sp³-hybridized carbons (Fsp3) is 0.0588. The molecule has 0 aromatic heterocycles. The van der Waals surface area contributed by atoms with Crippen molar-refractivity contribution in [3.05, 3.63) is 69.7 Å². The first-order valence-electron chi connectivity index (χ1n) is 6.51. The number of carbonyl (C=O) groups excluding carboxylic acids is 2. The van der Waals surface area contributed by atoms with Crippen LogP contribution in [-0.2, 0) is 4.79 Å². The number of ketones is 1. The van der Waals surface area contributed by atoms with E-state index in [0.717, 1.165) is 0 Å². The van der Waals surface area contributed by atoms with Gasteiger partial charge in [0, 0.05) is 32.9 Å². The Kier molecular flexibility index (Phi) is 5.36. The zero-order valence-corrected chi connectivity index (χ0v) is 13.3. The Bertz CT molecular complexity index is 717. The van der Waals surface area contributed by atoms with Crippen LogP contribution in [0.3, 0.4) is 0 Å². The molecule has 2 aromatic rings. The molecule has 0 radical (unpaired) electrons. The molecule has 0 bridgehead atoms. The van der Waals surface area contributed by atoms with E-state index < -0.39 is 0 Å². The average Bonchev–Trinajstić information content (AvgIpc) is 2.47. The van der Waals surface area contributed by atoms with E-state index in [4.69, 9.17) is 23.2 Å². The third-order valence-corrected chi connectivity index (χ3v) is 3.62. The molecule has 0 aliphatic heterocycles. The molecular formula is C17H13Cl2NO2. The second-order valence-corrected chi connectivity index (χ2v) is 5.41. The van der Waals surface area contributed by atoms with Gasteiger partial charge < -0.3 is 5.32 Å². The molecular weight excluding hydrogens is 321 g/mol. The van der Waals surface area contributed by atoms with Crippen molar-refractivity contribution in [2.24, 2.45) is 0 Å². The van der Waals surface area contributed by atoms with Crippen molar-refractivity contribution in [3.8, 4) is 0 Å². The predicted molar refractivity (Wildman–Crippen MR) is 90.6 cm³/mol. The van der Waals surface area contributed by atoms with Gasteiger partial charge in [-0.25, -0.2) is 0 Å². The van der Waals surface area contributed by atoms with E-state index in [9.17, 15) is 9.59 Å². The Hall–Kier alpha value is -2.10. The SMILES string of the molecule is CC(=O)c1ccc(NC(=O)/C=C\c2c(Cl)cccc2Cl)cc1. The first-order chi connectivity index (χ1) is 10.5. The van der Waals surface area contributed by atoms with Gasteiger partial charge in [-0.1, -0.05) is 29.3 Å². The highest BCUT2D eigenvalue weighted by Gasteiger charge is 2.04. The van der Waals surface area contributed by atoms with E-state index in [1.807, 2.05) is 0 Å². The van der Waals surface area contributed by atoms with Crippen LogP contribution < -0.4 is 5.32 Å². The zero-order chi connectivity index (χ0) is 16.1. The summed E-state index contributed by atoms with van der Waals surface area (Å²) in [7, 11) is 0. The Balaban J connectivity index is 2.06. The third-order valence-electron chi connectivity index (χ3n) is 2.96. The summed E-state index contributed by atoms with van der Waals surface area (Å²) < 4.78 is 0. The molecule has 0 fully saturated rings. The van der Waals surface area contributed by atoms with Crippen LogP contribution >= 0.6 is 23.2 Å². The van der Waals surface area contributed by atoms with Crippen LogP contribution in [0.5, 0.6) is 0 Å². The van der Waals surface area contributed by atoms with Gasteiger partial charge in [-0.3, -0.25) is 9.59 Å². The van der Waals surface area contributed by atoms with Crippen molar-refractivity contribution in [2.75, 3.05) is 5.32 Å². The molecule has 2 aromatic carbocycles. The van der Waals surface area contributed by atoms with Gasteiger partial charge in [0.05, 0.1) is 0 Å². The number of amides is 1. The van der Waals surface area contributed by atoms with Crippen molar-refractivity contribution in [3.63, 3.8) is 0 Å². The topological polar surface area (TPSA) is 46.2 Å². The van der Waals surface area contributed by atoms with Crippen LogP contribution in [0.25, 0.3) is 6.08 Å². The maximum atomic E-state index is 11.9. The summed E-state index contributed by atoms with van der Waals surface area (Å²) in [4.78, 5) is 23.1. The van der Waals surface area contributed by atoms with Crippen LogP contribution in [0.15, 0.2) is 48.5 Å². The number of anilines is 1. The quantitative estimate of drug-likeness (QED) is 0.642. The van der Waals surface area contributed by atoms with Gasteiger partial charge in [0.1, 0.15) is 0 Å². The summed E-state index contributed by atoms with van der Waals surface area (Å²) in [6.07, 6.45) is 2.91. The van der Waals surface area contributed by atoms with Crippen LogP contribution in [0.2, 0.25) is 10.0 Å². The van der Waals surface area contributed by atoms with Gasteiger partial charge in [-0.05, 0) is 49.4 Å². The number of Topliss-reactive ketones (excluding diaryl/α,β-unsaturated/α-hetero) is 1. The molecule has 0 aliphatic rings.